The third-order valence-corrected chi connectivity index (χ3v) is 3.44. The lowest BCUT2D eigenvalue weighted by Crippen LogP contribution is -2.11. The van der Waals surface area contributed by atoms with Gasteiger partial charge in [-0.15, -0.1) is 0 Å². The minimum absolute atomic E-state index is 0.0974. The third kappa shape index (κ3) is 2.10. The van der Waals surface area contributed by atoms with Crippen molar-refractivity contribution in [3.8, 4) is 0 Å². The van der Waals surface area contributed by atoms with Crippen molar-refractivity contribution in [1.82, 2.24) is 0 Å². The Morgan fingerprint density at radius 3 is 2.47 bits per heavy atom. The smallest absolute Gasteiger partial charge is 0.166 e. The summed E-state index contributed by atoms with van der Waals surface area (Å²) in [4.78, 5) is 12.3. The molecule has 0 aliphatic heterocycles. The molecule has 0 heterocycles. The van der Waals surface area contributed by atoms with E-state index in [1.807, 2.05) is 25.1 Å². The molecule has 0 amide bonds. The number of Topliss-reactive ketones (excluding diaryl/α,β-unsaturated/α-hetero) is 1. The molecule has 0 aromatic heterocycles. The van der Waals surface area contributed by atoms with E-state index in [1.54, 1.807) is 0 Å². The predicted octanol–water partition coefficient (Wildman–Crippen LogP) is 4.38. The van der Waals surface area contributed by atoms with Gasteiger partial charge in [0.15, 0.2) is 5.78 Å². The molecule has 1 unspecified atom stereocenters. The highest BCUT2D eigenvalue weighted by atomic mass is 16.1. The van der Waals surface area contributed by atoms with Gasteiger partial charge in [0.05, 0.1) is 0 Å². The van der Waals surface area contributed by atoms with Crippen LogP contribution in [0, 0.1) is 12.8 Å². The number of hydrogen-bond acceptors (Lipinski definition) is 1. The van der Waals surface area contributed by atoms with Gasteiger partial charge in [-0.05, 0) is 29.7 Å². The van der Waals surface area contributed by atoms with Gasteiger partial charge in [0.1, 0.15) is 0 Å². The molecule has 0 radical (unpaired) electrons. The normalized spacial score (nSPS) is 12.6. The summed E-state index contributed by atoms with van der Waals surface area (Å²) < 4.78 is 0. The van der Waals surface area contributed by atoms with Crippen LogP contribution in [0.15, 0.2) is 36.4 Å². The minimum atomic E-state index is 0.0974. The Morgan fingerprint density at radius 2 is 1.82 bits per heavy atom. The summed E-state index contributed by atoms with van der Waals surface area (Å²) in [6.07, 6.45) is 0.890. The lowest BCUT2D eigenvalue weighted by Gasteiger charge is -2.12. The molecule has 0 bridgehead atoms. The maximum Gasteiger partial charge on any atom is 0.166 e. The molecule has 2 aromatic carbocycles. The molecule has 1 atom stereocenters. The van der Waals surface area contributed by atoms with Gasteiger partial charge in [-0.2, -0.15) is 0 Å². The molecule has 0 fully saturated rings. The SMILES string of the molecule is CCC(C)C(=O)c1cccc2cccc(C)c12. The van der Waals surface area contributed by atoms with Gasteiger partial charge < -0.3 is 0 Å². The fourth-order valence-corrected chi connectivity index (χ4v) is 2.18. The van der Waals surface area contributed by atoms with Gasteiger partial charge in [0, 0.05) is 11.5 Å². The maximum atomic E-state index is 12.3. The van der Waals surface area contributed by atoms with Gasteiger partial charge in [-0.1, -0.05) is 50.2 Å². The number of aryl methyl sites for hydroxylation is 1. The molecule has 88 valence electrons. The minimum Gasteiger partial charge on any atom is -0.294 e. The standard InChI is InChI=1S/C16H18O/c1-4-11(2)16(17)14-10-6-9-13-8-5-7-12(3)15(13)14/h5-11H,4H2,1-3H3. The zero-order valence-electron chi connectivity index (χ0n) is 10.7. The van der Waals surface area contributed by atoms with Gasteiger partial charge in [-0.3, -0.25) is 4.79 Å². The summed E-state index contributed by atoms with van der Waals surface area (Å²) in [7, 11) is 0. The van der Waals surface area contributed by atoms with E-state index in [4.69, 9.17) is 0 Å². The number of hydrogen-bond donors (Lipinski definition) is 0. The summed E-state index contributed by atoms with van der Waals surface area (Å²) in [5.74, 6) is 0.354. The molecule has 0 N–H and O–H groups in total. The first-order chi connectivity index (χ1) is 8.15. The van der Waals surface area contributed by atoms with Crippen LogP contribution in [0.1, 0.15) is 36.2 Å². The van der Waals surface area contributed by atoms with E-state index in [2.05, 4.69) is 32.0 Å². The van der Waals surface area contributed by atoms with Crippen LogP contribution in [-0.2, 0) is 0 Å². The molecule has 0 aliphatic carbocycles. The first-order valence-corrected chi connectivity index (χ1v) is 6.17. The molecule has 0 aliphatic rings. The van der Waals surface area contributed by atoms with Crippen molar-refractivity contribution in [1.29, 1.82) is 0 Å². The van der Waals surface area contributed by atoms with Gasteiger partial charge in [0.25, 0.3) is 0 Å². The Labute approximate surface area is 102 Å². The summed E-state index contributed by atoms with van der Waals surface area (Å²) in [5.41, 5.74) is 2.05. The van der Waals surface area contributed by atoms with Crippen molar-refractivity contribution in [3.63, 3.8) is 0 Å². The van der Waals surface area contributed by atoms with Crippen LogP contribution in [0.5, 0.6) is 0 Å². The number of carbonyl (C=O) groups is 1. The number of rotatable bonds is 3. The summed E-state index contributed by atoms with van der Waals surface area (Å²) in [5, 5.41) is 2.26. The van der Waals surface area contributed by atoms with E-state index in [1.165, 1.54) is 5.56 Å². The highest BCUT2D eigenvalue weighted by Gasteiger charge is 2.16. The topological polar surface area (TPSA) is 17.1 Å². The first-order valence-electron chi connectivity index (χ1n) is 6.17. The highest BCUT2D eigenvalue weighted by molar-refractivity contribution is 6.10. The second-order valence-corrected chi connectivity index (χ2v) is 4.65. The van der Waals surface area contributed by atoms with Gasteiger partial charge in [-0.25, -0.2) is 0 Å². The first kappa shape index (κ1) is 11.8. The molecular formula is C16H18O. The fraction of sp³-hybridized carbons (Fsp3) is 0.312. The zero-order chi connectivity index (χ0) is 12.4. The lowest BCUT2D eigenvalue weighted by molar-refractivity contribution is 0.0929. The van der Waals surface area contributed by atoms with Crippen molar-refractivity contribution in [2.75, 3.05) is 0 Å². The van der Waals surface area contributed by atoms with Crippen molar-refractivity contribution in [2.45, 2.75) is 27.2 Å². The van der Waals surface area contributed by atoms with E-state index in [0.29, 0.717) is 0 Å². The van der Waals surface area contributed by atoms with E-state index >= 15 is 0 Å². The Bertz CT molecular complexity index is 549. The van der Waals surface area contributed by atoms with Crippen molar-refractivity contribution in [2.24, 2.45) is 5.92 Å². The number of carbonyl (C=O) groups excluding carboxylic acids is 1. The number of fused-ring (bicyclic) bond motifs is 1. The zero-order valence-corrected chi connectivity index (χ0v) is 10.7. The van der Waals surface area contributed by atoms with E-state index < -0.39 is 0 Å². The van der Waals surface area contributed by atoms with Crippen LogP contribution in [0.2, 0.25) is 0 Å². The van der Waals surface area contributed by atoms with E-state index in [-0.39, 0.29) is 11.7 Å². The van der Waals surface area contributed by atoms with Gasteiger partial charge in [0.2, 0.25) is 0 Å². The molecule has 0 saturated heterocycles. The van der Waals surface area contributed by atoms with Crippen molar-refractivity contribution < 1.29 is 4.79 Å². The highest BCUT2D eigenvalue weighted by Crippen LogP contribution is 2.25. The molecule has 2 aromatic rings. The molecule has 1 heteroatoms. The maximum absolute atomic E-state index is 12.3. The summed E-state index contributed by atoms with van der Waals surface area (Å²) in [6, 6.07) is 12.2. The average molecular weight is 226 g/mol. The molecule has 17 heavy (non-hydrogen) atoms. The molecule has 0 saturated carbocycles. The largest absolute Gasteiger partial charge is 0.294 e. The summed E-state index contributed by atoms with van der Waals surface area (Å²) in [6.45, 7) is 6.12. The van der Waals surface area contributed by atoms with Crippen LogP contribution < -0.4 is 0 Å². The van der Waals surface area contributed by atoms with E-state index in [9.17, 15) is 4.79 Å². The monoisotopic (exact) mass is 226 g/mol. The Morgan fingerprint density at radius 1 is 1.18 bits per heavy atom. The second-order valence-electron chi connectivity index (χ2n) is 4.65. The van der Waals surface area contributed by atoms with Crippen LogP contribution in [0.3, 0.4) is 0 Å². The van der Waals surface area contributed by atoms with E-state index in [0.717, 1.165) is 22.8 Å². The Balaban J connectivity index is 2.66. The average Bonchev–Trinajstić information content (AvgIpc) is 2.36. The molecule has 0 spiro atoms. The third-order valence-electron chi connectivity index (χ3n) is 3.44. The number of ketones is 1. The predicted molar refractivity (Wildman–Crippen MR) is 72.5 cm³/mol. The summed E-state index contributed by atoms with van der Waals surface area (Å²) >= 11 is 0. The Hall–Kier alpha value is -1.63. The second kappa shape index (κ2) is 4.70. The Kier molecular flexibility index (Phi) is 3.28. The molecule has 2 rings (SSSR count). The number of benzene rings is 2. The fourth-order valence-electron chi connectivity index (χ4n) is 2.18. The van der Waals surface area contributed by atoms with Crippen LogP contribution >= 0.6 is 0 Å². The van der Waals surface area contributed by atoms with Crippen LogP contribution in [-0.4, -0.2) is 5.78 Å². The van der Waals surface area contributed by atoms with Crippen LogP contribution in [0.25, 0.3) is 10.8 Å². The van der Waals surface area contributed by atoms with Crippen molar-refractivity contribution in [3.05, 3.63) is 47.5 Å². The quantitative estimate of drug-likeness (QED) is 0.710. The van der Waals surface area contributed by atoms with Crippen LogP contribution in [0.4, 0.5) is 0 Å². The molecule has 1 nitrogen and oxygen atoms in total. The lowest BCUT2D eigenvalue weighted by atomic mass is 9.91. The van der Waals surface area contributed by atoms with Crippen molar-refractivity contribution >= 4 is 16.6 Å². The van der Waals surface area contributed by atoms with Gasteiger partial charge >= 0.3 is 0 Å². The molecular weight excluding hydrogens is 208 g/mol.